The highest BCUT2D eigenvalue weighted by molar-refractivity contribution is 6.41. The third-order valence-electron chi connectivity index (χ3n) is 3.02. The molecule has 6 nitrogen and oxygen atoms in total. The van der Waals surface area contributed by atoms with Crippen LogP contribution in [0.1, 0.15) is 17.4 Å². The van der Waals surface area contributed by atoms with Crippen molar-refractivity contribution in [1.82, 2.24) is 5.32 Å². The molecule has 0 radical (unpaired) electrons. The van der Waals surface area contributed by atoms with Gasteiger partial charge < -0.3 is 20.2 Å². The molecule has 0 aliphatic rings. The van der Waals surface area contributed by atoms with Crippen LogP contribution in [0.15, 0.2) is 41.0 Å². The van der Waals surface area contributed by atoms with Crippen LogP contribution in [-0.2, 0) is 9.59 Å². The number of furan rings is 1. The van der Waals surface area contributed by atoms with E-state index in [1.54, 1.807) is 37.3 Å². The van der Waals surface area contributed by atoms with Gasteiger partial charge in [0.05, 0.1) is 23.6 Å². The van der Waals surface area contributed by atoms with Crippen LogP contribution in [0, 0.1) is 6.92 Å². The summed E-state index contributed by atoms with van der Waals surface area (Å²) in [6.07, 6.45) is 1.41. The van der Waals surface area contributed by atoms with Crippen LogP contribution in [0.25, 0.3) is 0 Å². The minimum absolute atomic E-state index is 0.348. The summed E-state index contributed by atoms with van der Waals surface area (Å²) in [5.41, 5.74) is 1.13. The van der Waals surface area contributed by atoms with Crippen molar-refractivity contribution in [1.29, 1.82) is 0 Å². The van der Waals surface area contributed by atoms with Crippen LogP contribution in [0.2, 0.25) is 5.02 Å². The van der Waals surface area contributed by atoms with E-state index in [0.29, 0.717) is 16.5 Å². The van der Waals surface area contributed by atoms with Crippen molar-refractivity contribution in [2.75, 3.05) is 11.9 Å². The summed E-state index contributed by atoms with van der Waals surface area (Å²) >= 11 is 6.05. The summed E-state index contributed by atoms with van der Waals surface area (Å²) < 4.78 is 5.09. The largest absolute Gasteiger partial charge is 0.467 e. The van der Waals surface area contributed by atoms with Crippen molar-refractivity contribution >= 4 is 29.1 Å². The number of benzene rings is 1. The number of aryl methyl sites for hydroxylation is 1. The molecule has 1 aromatic heterocycles. The standard InChI is InChI=1S/C15H15ClN2O4/c1-9-4-2-5-10(13(9)16)17-14(20)15(21)18-11(8-19)12-6-3-7-22-12/h2-7,11,19H,8H2,1H3,(H,17,20)(H,18,21). The summed E-state index contributed by atoms with van der Waals surface area (Å²) in [6, 6.07) is 7.52. The SMILES string of the molecule is Cc1cccc(NC(=O)C(=O)NC(CO)c2ccco2)c1Cl. The summed E-state index contributed by atoms with van der Waals surface area (Å²) in [5.74, 6) is -1.41. The predicted octanol–water partition coefficient (Wildman–Crippen LogP) is 2.03. The third kappa shape index (κ3) is 3.66. The Morgan fingerprint density at radius 1 is 1.27 bits per heavy atom. The molecule has 22 heavy (non-hydrogen) atoms. The van der Waals surface area contributed by atoms with Gasteiger partial charge in [-0.05, 0) is 30.7 Å². The van der Waals surface area contributed by atoms with Gasteiger partial charge >= 0.3 is 11.8 Å². The molecule has 1 atom stereocenters. The second-order valence-corrected chi connectivity index (χ2v) is 4.99. The molecule has 0 saturated carbocycles. The molecule has 0 aliphatic carbocycles. The highest BCUT2D eigenvalue weighted by Gasteiger charge is 2.21. The van der Waals surface area contributed by atoms with Gasteiger partial charge in [-0.3, -0.25) is 9.59 Å². The highest BCUT2D eigenvalue weighted by atomic mass is 35.5. The average molecular weight is 323 g/mol. The van der Waals surface area contributed by atoms with E-state index in [4.69, 9.17) is 16.0 Å². The zero-order valence-electron chi connectivity index (χ0n) is 11.8. The van der Waals surface area contributed by atoms with Crippen molar-refractivity contribution in [2.45, 2.75) is 13.0 Å². The lowest BCUT2D eigenvalue weighted by Gasteiger charge is -2.14. The van der Waals surface area contributed by atoms with Gasteiger partial charge in [0, 0.05) is 0 Å². The molecular formula is C15H15ClN2O4. The monoisotopic (exact) mass is 322 g/mol. The van der Waals surface area contributed by atoms with Gasteiger partial charge in [0.25, 0.3) is 0 Å². The number of amides is 2. The zero-order chi connectivity index (χ0) is 16.1. The first-order valence-corrected chi connectivity index (χ1v) is 6.92. The van der Waals surface area contributed by atoms with Crippen LogP contribution >= 0.6 is 11.6 Å². The number of rotatable bonds is 4. The van der Waals surface area contributed by atoms with Gasteiger partial charge in [0.15, 0.2) is 0 Å². The van der Waals surface area contributed by atoms with Crippen LogP contribution in [0.4, 0.5) is 5.69 Å². The van der Waals surface area contributed by atoms with Crippen LogP contribution < -0.4 is 10.6 Å². The first-order valence-electron chi connectivity index (χ1n) is 6.54. The lowest BCUT2D eigenvalue weighted by atomic mass is 10.2. The normalized spacial score (nSPS) is 11.8. The molecule has 0 bridgehead atoms. The van der Waals surface area contributed by atoms with E-state index in [1.165, 1.54) is 6.26 Å². The summed E-state index contributed by atoms with van der Waals surface area (Å²) in [7, 11) is 0. The van der Waals surface area contributed by atoms with E-state index in [1.807, 2.05) is 0 Å². The smallest absolute Gasteiger partial charge is 0.313 e. The van der Waals surface area contributed by atoms with E-state index in [-0.39, 0.29) is 0 Å². The molecule has 2 rings (SSSR count). The Kier molecular flexibility index (Phi) is 5.19. The van der Waals surface area contributed by atoms with Gasteiger partial charge in [-0.2, -0.15) is 0 Å². The van der Waals surface area contributed by atoms with Gasteiger partial charge in [0.1, 0.15) is 11.8 Å². The predicted molar refractivity (Wildman–Crippen MR) is 81.5 cm³/mol. The molecule has 0 fully saturated rings. The van der Waals surface area contributed by atoms with Crippen LogP contribution in [0.5, 0.6) is 0 Å². The quantitative estimate of drug-likeness (QED) is 0.751. The second-order valence-electron chi connectivity index (χ2n) is 4.61. The second kappa shape index (κ2) is 7.11. The van der Waals surface area contributed by atoms with Crippen molar-refractivity contribution in [3.8, 4) is 0 Å². The van der Waals surface area contributed by atoms with Gasteiger partial charge in [-0.1, -0.05) is 23.7 Å². The number of aliphatic hydroxyl groups is 1. The molecule has 2 aromatic rings. The molecule has 0 saturated heterocycles. The van der Waals surface area contributed by atoms with E-state index in [0.717, 1.165) is 5.56 Å². The van der Waals surface area contributed by atoms with Gasteiger partial charge in [-0.15, -0.1) is 0 Å². The Balaban J connectivity index is 2.03. The van der Waals surface area contributed by atoms with Crippen molar-refractivity contribution in [3.05, 3.63) is 52.9 Å². The van der Waals surface area contributed by atoms with Crippen LogP contribution in [0.3, 0.4) is 0 Å². The number of carbonyl (C=O) groups excluding carboxylic acids is 2. The number of hydrogen-bond donors (Lipinski definition) is 3. The first kappa shape index (κ1) is 16.1. The summed E-state index contributed by atoms with van der Waals surface area (Å²) in [5, 5.41) is 14.5. The number of halogens is 1. The number of carbonyl (C=O) groups is 2. The molecule has 3 N–H and O–H groups in total. The Morgan fingerprint density at radius 2 is 2.05 bits per heavy atom. The molecule has 2 amide bonds. The maximum atomic E-state index is 11.9. The number of aliphatic hydroxyl groups excluding tert-OH is 1. The van der Waals surface area contributed by atoms with E-state index in [9.17, 15) is 14.7 Å². The molecule has 116 valence electrons. The van der Waals surface area contributed by atoms with Crippen molar-refractivity contribution in [3.63, 3.8) is 0 Å². The fourth-order valence-electron chi connectivity index (χ4n) is 1.84. The topological polar surface area (TPSA) is 91.6 Å². The first-order chi connectivity index (χ1) is 10.5. The fraction of sp³-hybridized carbons (Fsp3) is 0.200. The molecule has 1 heterocycles. The maximum absolute atomic E-state index is 11.9. The number of anilines is 1. The van der Waals surface area contributed by atoms with Gasteiger partial charge in [-0.25, -0.2) is 0 Å². The minimum Gasteiger partial charge on any atom is -0.467 e. The number of hydrogen-bond acceptors (Lipinski definition) is 4. The summed E-state index contributed by atoms with van der Waals surface area (Å²) in [6.45, 7) is 1.40. The Hall–Kier alpha value is -2.31. The molecule has 7 heteroatoms. The van der Waals surface area contributed by atoms with Crippen LogP contribution in [-0.4, -0.2) is 23.5 Å². The highest BCUT2D eigenvalue weighted by Crippen LogP contribution is 2.25. The zero-order valence-corrected chi connectivity index (χ0v) is 12.6. The van der Waals surface area contributed by atoms with Gasteiger partial charge in [0.2, 0.25) is 0 Å². The lowest BCUT2D eigenvalue weighted by Crippen LogP contribution is -2.39. The van der Waals surface area contributed by atoms with Crippen molar-refractivity contribution in [2.24, 2.45) is 0 Å². The molecule has 0 aliphatic heterocycles. The maximum Gasteiger partial charge on any atom is 0.313 e. The molecule has 1 unspecified atom stereocenters. The average Bonchev–Trinajstić information content (AvgIpc) is 3.03. The third-order valence-corrected chi connectivity index (χ3v) is 3.52. The molecular weight excluding hydrogens is 308 g/mol. The Labute approximate surface area is 132 Å². The fourth-order valence-corrected chi connectivity index (χ4v) is 2.02. The Morgan fingerprint density at radius 3 is 2.68 bits per heavy atom. The van der Waals surface area contributed by atoms with E-state index in [2.05, 4.69) is 10.6 Å². The Bertz CT molecular complexity index is 670. The van der Waals surface area contributed by atoms with E-state index >= 15 is 0 Å². The van der Waals surface area contributed by atoms with E-state index < -0.39 is 24.5 Å². The molecule has 0 spiro atoms. The number of nitrogens with one attached hydrogen (secondary N) is 2. The summed E-state index contributed by atoms with van der Waals surface area (Å²) in [4.78, 5) is 23.8. The lowest BCUT2D eigenvalue weighted by molar-refractivity contribution is -0.136. The minimum atomic E-state index is -0.895. The molecule has 1 aromatic carbocycles. The van der Waals surface area contributed by atoms with Crippen molar-refractivity contribution < 1.29 is 19.1 Å².